The number of halogens is 1. The molecule has 18 heavy (non-hydrogen) atoms. The van der Waals surface area contributed by atoms with Crippen LogP contribution in [0.5, 0.6) is 0 Å². The van der Waals surface area contributed by atoms with Gasteiger partial charge in [0, 0.05) is 0 Å². The molecule has 0 bridgehead atoms. The van der Waals surface area contributed by atoms with Gasteiger partial charge in [-0.05, 0) is 30.3 Å². The van der Waals surface area contributed by atoms with E-state index in [-0.39, 0.29) is 11.6 Å². The van der Waals surface area contributed by atoms with Crippen LogP contribution >= 0.6 is 0 Å². The molecule has 1 aromatic heterocycles. The second-order valence-corrected chi connectivity index (χ2v) is 10.8. The SMILES string of the molecule is CC(C)(C)[Si](C)(C)OCC(O)c1ccc(F)cn1. The molecule has 0 spiro atoms. The zero-order chi connectivity index (χ0) is 14.0. The first-order valence-corrected chi connectivity index (χ1v) is 8.98. The summed E-state index contributed by atoms with van der Waals surface area (Å²) in [6, 6.07) is 2.77. The molecule has 1 aromatic rings. The van der Waals surface area contributed by atoms with Gasteiger partial charge in [0.1, 0.15) is 11.9 Å². The highest BCUT2D eigenvalue weighted by Crippen LogP contribution is 2.37. The van der Waals surface area contributed by atoms with Crippen molar-refractivity contribution in [2.24, 2.45) is 0 Å². The number of hydrogen-bond acceptors (Lipinski definition) is 3. The quantitative estimate of drug-likeness (QED) is 0.855. The van der Waals surface area contributed by atoms with Gasteiger partial charge in [-0.1, -0.05) is 20.8 Å². The van der Waals surface area contributed by atoms with E-state index in [2.05, 4.69) is 38.8 Å². The molecule has 1 heterocycles. The third kappa shape index (κ3) is 3.86. The molecule has 0 amide bonds. The highest BCUT2D eigenvalue weighted by atomic mass is 28.4. The van der Waals surface area contributed by atoms with E-state index in [1.54, 1.807) is 0 Å². The highest BCUT2D eigenvalue weighted by molar-refractivity contribution is 6.74. The first-order chi connectivity index (χ1) is 8.13. The molecule has 5 heteroatoms. The maximum atomic E-state index is 12.7. The molecular weight excluding hydrogens is 249 g/mol. The number of rotatable bonds is 4. The van der Waals surface area contributed by atoms with Crippen LogP contribution < -0.4 is 0 Å². The number of aliphatic hydroxyl groups is 1. The van der Waals surface area contributed by atoms with Crippen LogP contribution in [0.25, 0.3) is 0 Å². The summed E-state index contributed by atoms with van der Waals surface area (Å²) >= 11 is 0. The predicted octanol–water partition coefficient (Wildman–Crippen LogP) is 3.28. The van der Waals surface area contributed by atoms with Crippen LogP contribution in [-0.4, -0.2) is 25.0 Å². The number of aliphatic hydroxyl groups excluding tert-OH is 1. The van der Waals surface area contributed by atoms with Gasteiger partial charge in [0.2, 0.25) is 0 Å². The van der Waals surface area contributed by atoms with Crippen LogP contribution in [0.3, 0.4) is 0 Å². The van der Waals surface area contributed by atoms with E-state index in [4.69, 9.17) is 4.43 Å². The Morgan fingerprint density at radius 1 is 1.39 bits per heavy atom. The van der Waals surface area contributed by atoms with Crippen molar-refractivity contribution in [2.75, 3.05) is 6.61 Å². The molecule has 0 radical (unpaired) electrons. The molecule has 0 saturated carbocycles. The summed E-state index contributed by atoms with van der Waals surface area (Å²) in [5.41, 5.74) is 0.440. The monoisotopic (exact) mass is 271 g/mol. The summed E-state index contributed by atoms with van der Waals surface area (Å²) in [6.07, 6.45) is 0.296. The van der Waals surface area contributed by atoms with Gasteiger partial charge in [0.15, 0.2) is 8.32 Å². The Balaban J connectivity index is 2.61. The molecule has 1 N–H and O–H groups in total. The van der Waals surface area contributed by atoms with Gasteiger partial charge in [-0.15, -0.1) is 0 Å². The lowest BCUT2D eigenvalue weighted by Crippen LogP contribution is -2.41. The Bertz CT molecular complexity index is 387. The summed E-state index contributed by atoms with van der Waals surface area (Å²) in [4.78, 5) is 3.85. The fourth-order valence-corrected chi connectivity index (χ4v) is 2.18. The molecule has 3 nitrogen and oxygen atoms in total. The second kappa shape index (κ2) is 5.46. The minimum absolute atomic E-state index is 0.100. The Labute approximate surface area is 109 Å². The van der Waals surface area contributed by atoms with E-state index in [1.807, 2.05) is 0 Å². The smallest absolute Gasteiger partial charge is 0.192 e. The molecule has 1 unspecified atom stereocenters. The van der Waals surface area contributed by atoms with Gasteiger partial charge in [0.25, 0.3) is 0 Å². The van der Waals surface area contributed by atoms with Crippen molar-refractivity contribution in [3.8, 4) is 0 Å². The molecule has 1 rings (SSSR count). The maximum Gasteiger partial charge on any atom is 0.192 e. The largest absolute Gasteiger partial charge is 0.414 e. The topological polar surface area (TPSA) is 42.4 Å². The van der Waals surface area contributed by atoms with E-state index in [0.717, 1.165) is 6.20 Å². The van der Waals surface area contributed by atoms with E-state index in [1.165, 1.54) is 12.1 Å². The average molecular weight is 271 g/mol. The molecule has 0 aromatic carbocycles. The van der Waals surface area contributed by atoms with E-state index in [9.17, 15) is 9.50 Å². The summed E-state index contributed by atoms with van der Waals surface area (Å²) in [6.45, 7) is 10.9. The molecular formula is C13H22FNO2Si. The van der Waals surface area contributed by atoms with E-state index in [0.29, 0.717) is 5.69 Å². The van der Waals surface area contributed by atoms with Crippen molar-refractivity contribution in [1.29, 1.82) is 0 Å². The van der Waals surface area contributed by atoms with Gasteiger partial charge in [-0.3, -0.25) is 4.98 Å². The third-order valence-corrected chi connectivity index (χ3v) is 8.00. The Kier molecular flexibility index (Phi) is 4.64. The van der Waals surface area contributed by atoms with Crippen LogP contribution in [0, 0.1) is 5.82 Å². The highest BCUT2D eigenvalue weighted by Gasteiger charge is 2.37. The van der Waals surface area contributed by atoms with E-state index < -0.39 is 20.2 Å². The summed E-state index contributed by atoms with van der Waals surface area (Å²) in [5.74, 6) is -0.406. The van der Waals surface area contributed by atoms with Crippen molar-refractivity contribution >= 4 is 8.32 Å². The third-order valence-electron chi connectivity index (χ3n) is 3.50. The molecule has 0 saturated heterocycles. The normalized spacial score (nSPS) is 14.6. The molecule has 0 fully saturated rings. The van der Waals surface area contributed by atoms with Crippen molar-refractivity contribution < 1.29 is 13.9 Å². The molecule has 1 atom stereocenters. The molecule has 0 aliphatic rings. The zero-order valence-electron chi connectivity index (χ0n) is 11.7. The average Bonchev–Trinajstić information content (AvgIpc) is 2.25. The minimum Gasteiger partial charge on any atom is -0.414 e. The molecule has 0 aliphatic carbocycles. The van der Waals surface area contributed by atoms with Crippen LogP contribution in [0.2, 0.25) is 18.1 Å². The van der Waals surface area contributed by atoms with Crippen molar-refractivity contribution in [3.05, 3.63) is 29.8 Å². The lowest BCUT2D eigenvalue weighted by molar-refractivity contribution is 0.0969. The second-order valence-electron chi connectivity index (χ2n) is 5.99. The number of pyridine rings is 1. The van der Waals surface area contributed by atoms with Gasteiger partial charge in [0.05, 0.1) is 18.5 Å². The van der Waals surface area contributed by atoms with Crippen LogP contribution in [-0.2, 0) is 4.43 Å². The van der Waals surface area contributed by atoms with Crippen molar-refractivity contribution in [2.45, 2.75) is 45.0 Å². The van der Waals surface area contributed by atoms with Gasteiger partial charge in [-0.2, -0.15) is 0 Å². The predicted molar refractivity (Wildman–Crippen MR) is 72.3 cm³/mol. The maximum absolute atomic E-state index is 12.7. The summed E-state index contributed by atoms with van der Waals surface area (Å²) in [5, 5.41) is 10.1. The standard InChI is InChI=1S/C13H22FNO2Si/c1-13(2,3)18(4,5)17-9-12(16)11-7-6-10(14)8-15-11/h6-8,12,16H,9H2,1-5H3. The first-order valence-electron chi connectivity index (χ1n) is 6.07. The van der Waals surface area contributed by atoms with Crippen LogP contribution in [0.15, 0.2) is 18.3 Å². The van der Waals surface area contributed by atoms with Gasteiger partial charge >= 0.3 is 0 Å². The number of nitrogens with zero attached hydrogens (tertiary/aromatic N) is 1. The zero-order valence-corrected chi connectivity index (χ0v) is 12.7. The Morgan fingerprint density at radius 3 is 2.44 bits per heavy atom. The van der Waals surface area contributed by atoms with Crippen LogP contribution in [0.1, 0.15) is 32.6 Å². The van der Waals surface area contributed by atoms with Gasteiger partial charge in [-0.25, -0.2) is 4.39 Å². The lowest BCUT2D eigenvalue weighted by Gasteiger charge is -2.36. The lowest BCUT2D eigenvalue weighted by atomic mass is 10.2. The first kappa shape index (κ1) is 15.3. The Morgan fingerprint density at radius 2 is 2.00 bits per heavy atom. The summed E-state index contributed by atoms with van der Waals surface area (Å²) in [7, 11) is -1.87. The molecule has 0 aliphatic heterocycles. The van der Waals surface area contributed by atoms with Crippen molar-refractivity contribution in [3.63, 3.8) is 0 Å². The van der Waals surface area contributed by atoms with Crippen molar-refractivity contribution in [1.82, 2.24) is 4.98 Å². The fourth-order valence-electron chi connectivity index (χ4n) is 1.17. The molecule has 102 valence electrons. The number of hydrogen-bond donors (Lipinski definition) is 1. The van der Waals surface area contributed by atoms with Gasteiger partial charge < -0.3 is 9.53 Å². The Hall–Kier alpha value is -0.783. The van der Waals surface area contributed by atoms with E-state index >= 15 is 0 Å². The number of aromatic nitrogens is 1. The summed E-state index contributed by atoms with van der Waals surface area (Å²) < 4.78 is 18.6. The van der Waals surface area contributed by atoms with Crippen LogP contribution in [0.4, 0.5) is 4.39 Å². The minimum atomic E-state index is -1.87. The fraction of sp³-hybridized carbons (Fsp3) is 0.615.